The van der Waals surface area contributed by atoms with E-state index in [-0.39, 0.29) is 42.6 Å². The molecule has 2 aromatic heterocycles. The van der Waals surface area contributed by atoms with E-state index < -0.39 is 29.8 Å². The van der Waals surface area contributed by atoms with Gasteiger partial charge in [0.15, 0.2) is 0 Å². The molecule has 350 valence electrons. The minimum absolute atomic E-state index is 0.118. The zero-order chi connectivity index (χ0) is 47.1. The number of benzene rings is 4. The number of hydrogen-bond donors (Lipinski definition) is 5. The van der Waals surface area contributed by atoms with Crippen LogP contribution in [0, 0.1) is 11.6 Å². The standard InChI is InChI=1S/C49H48ClF2N11O5/c50-32-11-15-35-37(22-32)46(44-38(51)6-5-7-39(44)52)54-24-31-25-55-49(59-45(31)35)57-33-12-8-29(9-13-33)40-28-62(61-60-40)19-2-4-21-68-20-3-1-18-53-26-43(65)56-34-14-10-30-27-63(48(67)36(30)23-34)41-16-17-42(64)58-47(41)66/h5-15,22-23,25,28,41,48,53,67H,1-4,16-21,24,26-27H2,(H,56,65)(H,55,57,59)(H,58,64,66). The zero-order valence-corrected chi connectivity index (χ0v) is 37.6. The van der Waals surface area contributed by atoms with Gasteiger partial charge in [-0.25, -0.2) is 18.7 Å². The number of aliphatic imine (C=N–C) groups is 1. The van der Waals surface area contributed by atoms with E-state index in [2.05, 4.69) is 41.6 Å². The lowest BCUT2D eigenvalue weighted by atomic mass is 9.95. The maximum Gasteiger partial charge on any atom is 0.244 e. The van der Waals surface area contributed by atoms with Crippen LogP contribution in [-0.2, 0) is 38.8 Å². The number of nitrogens with one attached hydrogen (secondary N) is 4. The number of ether oxygens (including phenoxy) is 1. The Morgan fingerprint density at radius 3 is 2.53 bits per heavy atom. The third-order valence-corrected chi connectivity index (χ3v) is 12.3. The van der Waals surface area contributed by atoms with Gasteiger partial charge in [-0.15, -0.1) is 5.10 Å². The molecule has 1 saturated heterocycles. The number of piperidine rings is 1. The summed E-state index contributed by atoms with van der Waals surface area (Å²) in [6.45, 7) is 3.24. The Kier molecular flexibility index (Phi) is 14.3. The van der Waals surface area contributed by atoms with Gasteiger partial charge in [-0.1, -0.05) is 47.1 Å². The first-order valence-corrected chi connectivity index (χ1v) is 22.9. The van der Waals surface area contributed by atoms with Crippen molar-refractivity contribution in [2.45, 2.75) is 70.4 Å². The summed E-state index contributed by atoms with van der Waals surface area (Å²) < 4.78 is 37.5. The summed E-state index contributed by atoms with van der Waals surface area (Å²) >= 11 is 6.37. The highest BCUT2D eigenvalue weighted by Crippen LogP contribution is 2.37. The second-order valence-electron chi connectivity index (χ2n) is 16.8. The number of aromatic nitrogens is 5. The van der Waals surface area contributed by atoms with Crippen LogP contribution in [-0.4, -0.2) is 90.7 Å². The van der Waals surface area contributed by atoms with Gasteiger partial charge < -0.3 is 25.8 Å². The Hall–Kier alpha value is -6.83. The van der Waals surface area contributed by atoms with E-state index in [9.17, 15) is 28.3 Å². The summed E-state index contributed by atoms with van der Waals surface area (Å²) in [4.78, 5) is 52.1. The van der Waals surface area contributed by atoms with Gasteiger partial charge in [0.2, 0.25) is 23.7 Å². The summed E-state index contributed by atoms with van der Waals surface area (Å²) in [6.07, 6.45) is 6.58. The van der Waals surface area contributed by atoms with Crippen molar-refractivity contribution in [3.05, 3.63) is 136 Å². The van der Waals surface area contributed by atoms with Crippen molar-refractivity contribution in [2.75, 3.05) is 36.9 Å². The molecule has 5 N–H and O–H groups in total. The van der Waals surface area contributed by atoms with Gasteiger partial charge >= 0.3 is 0 Å². The lowest BCUT2D eigenvalue weighted by Gasteiger charge is -2.31. The molecular weight excluding hydrogens is 896 g/mol. The van der Waals surface area contributed by atoms with E-state index in [1.165, 1.54) is 18.2 Å². The maximum atomic E-state index is 15.0. The normalized spacial score (nSPS) is 16.6. The van der Waals surface area contributed by atoms with Crippen LogP contribution in [0.2, 0.25) is 5.02 Å². The van der Waals surface area contributed by atoms with Crippen molar-refractivity contribution in [2.24, 2.45) is 4.99 Å². The molecule has 16 nitrogen and oxygen atoms in total. The van der Waals surface area contributed by atoms with Crippen molar-refractivity contribution in [1.29, 1.82) is 0 Å². The fourth-order valence-electron chi connectivity index (χ4n) is 8.55. The molecule has 0 aliphatic carbocycles. The average Bonchev–Trinajstić information content (AvgIpc) is 3.89. The summed E-state index contributed by atoms with van der Waals surface area (Å²) in [5.41, 5.74) is 6.75. The van der Waals surface area contributed by atoms with Crippen LogP contribution in [0.3, 0.4) is 0 Å². The number of halogens is 3. The van der Waals surface area contributed by atoms with Crippen molar-refractivity contribution in [3.8, 4) is 22.5 Å². The third-order valence-electron chi connectivity index (χ3n) is 12.0. The van der Waals surface area contributed by atoms with Crippen LogP contribution in [0.5, 0.6) is 0 Å². The molecule has 2 atom stereocenters. The number of rotatable bonds is 18. The van der Waals surface area contributed by atoms with Crippen LogP contribution in [0.4, 0.5) is 26.1 Å². The second kappa shape index (κ2) is 21.0. The highest BCUT2D eigenvalue weighted by Gasteiger charge is 2.40. The summed E-state index contributed by atoms with van der Waals surface area (Å²) in [5, 5.41) is 31.6. The van der Waals surface area contributed by atoms with Gasteiger partial charge in [0.1, 0.15) is 23.6 Å². The average molecular weight is 944 g/mol. The molecule has 68 heavy (non-hydrogen) atoms. The number of anilines is 3. The molecule has 0 radical (unpaired) electrons. The van der Waals surface area contributed by atoms with Gasteiger partial charge in [-0.3, -0.25) is 34.3 Å². The fraction of sp³-hybridized carbons (Fsp3) is 0.306. The molecule has 5 heterocycles. The first kappa shape index (κ1) is 46.3. The summed E-state index contributed by atoms with van der Waals surface area (Å²) in [6, 6.07) is 21.3. The van der Waals surface area contributed by atoms with E-state index in [0.29, 0.717) is 83.9 Å². The maximum absolute atomic E-state index is 15.0. The van der Waals surface area contributed by atoms with Gasteiger partial charge in [0, 0.05) is 83.1 Å². The monoisotopic (exact) mass is 943 g/mol. The van der Waals surface area contributed by atoms with E-state index in [1.54, 1.807) is 41.4 Å². The molecule has 9 rings (SSSR count). The van der Waals surface area contributed by atoms with Crippen molar-refractivity contribution in [3.63, 3.8) is 0 Å². The molecule has 0 spiro atoms. The Balaban J connectivity index is 0.662. The number of carbonyl (C=O) groups is 3. The van der Waals surface area contributed by atoms with E-state index in [1.807, 2.05) is 41.2 Å². The van der Waals surface area contributed by atoms with Crippen LogP contribution in [0.1, 0.15) is 72.6 Å². The summed E-state index contributed by atoms with van der Waals surface area (Å²) in [7, 11) is 0. The molecule has 19 heteroatoms. The number of nitrogens with zero attached hydrogens (tertiary/aromatic N) is 7. The topological polar surface area (TPSA) is 201 Å². The number of aliphatic hydroxyl groups is 1. The number of aryl methyl sites for hydroxylation is 1. The molecular formula is C49H48ClF2N11O5. The van der Waals surface area contributed by atoms with Crippen LogP contribution in [0.25, 0.3) is 22.5 Å². The second-order valence-corrected chi connectivity index (χ2v) is 17.2. The number of aliphatic hydroxyl groups excluding tert-OH is 1. The van der Waals surface area contributed by atoms with Gasteiger partial charge in [0.25, 0.3) is 0 Å². The number of hydrogen-bond acceptors (Lipinski definition) is 13. The number of amides is 3. The molecule has 3 amide bonds. The van der Waals surface area contributed by atoms with Crippen LogP contribution >= 0.6 is 11.6 Å². The van der Waals surface area contributed by atoms with E-state index in [4.69, 9.17) is 21.3 Å². The fourth-order valence-corrected chi connectivity index (χ4v) is 8.73. The van der Waals surface area contributed by atoms with E-state index >= 15 is 0 Å². The van der Waals surface area contributed by atoms with Gasteiger partial charge in [-0.05, 0) is 92.7 Å². The first-order valence-electron chi connectivity index (χ1n) is 22.5. The third kappa shape index (κ3) is 10.6. The van der Waals surface area contributed by atoms with Gasteiger partial charge in [-0.2, -0.15) is 0 Å². The Labute approximate surface area is 395 Å². The first-order chi connectivity index (χ1) is 33.1. The number of unbranched alkanes of at least 4 members (excludes halogenated alkanes) is 2. The molecule has 4 aromatic carbocycles. The van der Waals surface area contributed by atoms with Crippen LogP contribution in [0.15, 0.2) is 96.2 Å². The van der Waals surface area contributed by atoms with Crippen molar-refractivity contribution >= 4 is 52.4 Å². The largest absolute Gasteiger partial charge is 0.381 e. The lowest BCUT2D eigenvalue weighted by Crippen LogP contribution is -2.51. The molecule has 1 fully saturated rings. The number of fused-ring (bicyclic) bond motifs is 4. The number of carbonyl (C=O) groups excluding carboxylic acids is 3. The van der Waals surface area contributed by atoms with Crippen LogP contribution < -0.4 is 21.3 Å². The smallest absolute Gasteiger partial charge is 0.244 e. The number of imide groups is 1. The lowest BCUT2D eigenvalue weighted by molar-refractivity contribution is -0.141. The Morgan fingerprint density at radius 2 is 1.72 bits per heavy atom. The molecule has 2 unspecified atom stereocenters. The molecule has 0 saturated carbocycles. The predicted octanol–water partition coefficient (Wildman–Crippen LogP) is 6.85. The van der Waals surface area contributed by atoms with Gasteiger partial charge in [0.05, 0.1) is 42.3 Å². The minimum atomic E-state index is -1.00. The Bertz CT molecular complexity index is 2860. The molecule has 6 aromatic rings. The highest BCUT2D eigenvalue weighted by atomic mass is 35.5. The van der Waals surface area contributed by atoms with Crippen molar-refractivity contribution in [1.82, 2.24) is 40.5 Å². The zero-order valence-electron chi connectivity index (χ0n) is 36.9. The Morgan fingerprint density at radius 1 is 0.926 bits per heavy atom. The molecule has 3 aliphatic rings. The predicted molar refractivity (Wildman–Crippen MR) is 251 cm³/mol. The molecule has 3 aliphatic heterocycles. The SMILES string of the molecule is O=C1CCC(N2Cc3ccc(NC(=O)CNCCCCOCCCCn4cc(-c5ccc(Nc6ncc7c(n6)-c6ccc(Cl)cc6C(c6c(F)cccc6F)=NC7)cc5)nn4)cc3C2O)C(=O)N1. The van der Waals surface area contributed by atoms with Crippen molar-refractivity contribution < 1.29 is 33.0 Å². The summed E-state index contributed by atoms with van der Waals surface area (Å²) in [5.74, 6) is -2.01. The van der Waals surface area contributed by atoms with E-state index in [0.717, 1.165) is 48.2 Å². The highest BCUT2D eigenvalue weighted by molar-refractivity contribution is 6.31. The molecule has 0 bridgehead atoms. The quantitative estimate of drug-likeness (QED) is 0.0444. The minimum Gasteiger partial charge on any atom is -0.381 e.